The highest BCUT2D eigenvalue weighted by Crippen LogP contribution is 2.34. The van der Waals surface area contributed by atoms with E-state index in [1.807, 2.05) is 0 Å². The third kappa shape index (κ3) is 3.53. The van der Waals surface area contributed by atoms with Gasteiger partial charge in [0.15, 0.2) is 11.5 Å². The highest BCUT2D eigenvalue weighted by atomic mass is 35.5. The summed E-state index contributed by atoms with van der Waals surface area (Å²) in [4.78, 5) is 8.07. The topological polar surface area (TPSA) is 44.2 Å². The quantitative estimate of drug-likeness (QED) is 0.603. The van der Waals surface area contributed by atoms with E-state index in [0.717, 1.165) is 0 Å². The van der Waals surface area contributed by atoms with Crippen molar-refractivity contribution in [3.05, 3.63) is 23.6 Å². The first-order chi connectivity index (χ1) is 9.26. The third-order valence-corrected chi connectivity index (χ3v) is 2.93. The van der Waals surface area contributed by atoms with Crippen LogP contribution in [0.2, 0.25) is 5.15 Å². The molecule has 0 radical (unpaired) electrons. The van der Waals surface area contributed by atoms with Gasteiger partial charge in [-0.1, -0.05) is 11.6 Å². The van der Waals surface area contributed by atoms with E-state index in [0.29, 0.717) is 52.5 Å². The van der Waals surface area contributed by atoms with E-state index in [9.17, 15) is 0 Å². The Morgan fingerprint density at radius 2 is 1.58 bits per heavy atom. The van der Waals surface area contributed by atoms with E-state index in [-0.39, 0.29) is 0 Å². The molecular weight excluding hydrogens is 311 g/mol. The Morgan fingerprint density at radius 3 is 2.21 bits per heavy atom. The minimum atomic E-state index is 0.365. The summed E-state index contributed by atoms with van der Waals surface area (Å²) in [5.74, 6) is 1.88. The molecule has 0 atom stereocenters. The fraction of sp³-hybridized carbons (Fsp3) is 0.333. The Balaban J connectivity index is 2.43. The number of ether oxygens (including phenoxy) is 2. The lowest BCUT2D eigenvalue weighted by Crippen LogP contribution is -2.04. The van der Waals surface area contributed by atoms with Crippen LogP contribution in [0.3, 0.4) is 0 Å². The lowest BCUT2D eigenvalue weighted by Gasteiger charge is -2.12. The van der Waals surface area contributed by atoms with Crippen LogP contribution in [0.4, 0.5) is 0 Å². The molecule has 0 aliphatic rings. The zero-order chi connectivity index (χ0) is 13.7. The number of alkyl halides is 2. The van der Waals surface area contributed by atoms with Gasteiger partial charge in [-0.3, -0.25) is 0 Å². The Labute approximate surface area is 125 Å². The van der Waals surface area contributed by atoms with Gasteiger partial charge in [0.25, 0.3) is 0 Å². The monoisotopic (exact) mass is 320 g/mol. The standard InChI is InChI=1S/C12H11Cl3N2O2/c13-1-3-18-10-5-8-9(16-7-17-12(8)15)6-11(10)19-4-2-14/h5-7H,1-4H2. The molecule has 1 aromatic heterocycles. The van der Waals surface area contributed by atoms with Crippen LogP contribution in [-0.2, 0) is 0 Å². The van der Waals surface area contributed by atoms with Crippen molar-refractivity contribution in [1.82, 2.24) is 9.97 Å². The van der Waals surface area contributed by atoms with Gasteiger partial charge in [-0.2, -0.15) is 0 Å². The molecule has 0 saturated carbocycles. The van der Waals surface area contributed by atoms with Gasteiger partial charge < -0.3 is 9.47 Å². The molecule has 2 rings (SSSR count). The van der Waals surface area contributed by atoms with Crippen molar-refractivity contribution in [3.8, 4) is 11.5 Å². The average Bonchev–Trinajstić information content (AvgIpc) is 2.43. The summed E-state index contributed by atoms with van der Waals surface area (Å²) in [5.41, 5.74) is 0.683. The summed E-state index contributed by atoms with van der Waals surface area (Å²) in [7, 11) is 0. The molecule has 2 aromatic rings. The maximum atomic E-state index is 6.03. The molecule has 0 bridgehead atoms. The molecule has 0 unspecified atom stereocenters. The molecule has 0 N–H and O–H groups in total. The van der Waals surface area contributed by atoms with Crippen molar-refractivity contribution in [2.24, 2.45) is 0 Å². The molecule has 0 aliphatic heterocycles. The smallest absolute Gasteiger partial charge is 0.163 e. The second-order valence-corrected chi connectivity index (χ2v) is 4.67. The first kappa shape index (κ1) is 14.4. The molecule has 102 valence electrons. The largest absolute Gasteiger partial charge is 0.488 e. The summed E-state index contributed by atoms with van der Waals surface area (Å²) in [6, 6.07) is 3.49. The van der Waals surface area contributed by atoms with Crippen LogP contribution in [0.5, 0.6) is 11.5 Å². The third-order valence-electron chi connectivity index (χ3n) is 2.32. The number of aromatic nitrogens is 2. The molecule has 0 spiro atoms. The molecule has 19 heavy (non-hydrogen) atoms. The first-order valence-corrected chi connectivity index (χ1v) is 7.02. The molecular formula is C12H11Cl3N2O2. The van der Waals surface area contributed by atoms with E-state index >= 15 is 0 Å². The fourth-order valence-corrected chi connectivity index (χ4v) is 1.90. The predicted octanol–water partition coefficient (Wildman–Crippen LogP) is 3.52. The second-order valence-electron chi connectivity index (χ2n) is 3.56. The fourth-order valence-electron chi connectivity index (χ4n) is 1.56. The zero-order valence-electron chi connectivity index (χ0n) is 9.91. The van der Waals surface area contributed by atoms with Crippen molar-refractivity contribution >= 4 is 45.7 Å². The van der Waals surface area contributed by atoms with Gasteiger partial charge in [0.1, 0.15) is 24.7 Å². The van der Waals surface area contributed by atoms with Crippen molar-refractivity contribution in [3.63, 3.8) is 0 Å². The van der Waals surface area contributed by atoms with Gasteiger partial charge >= 0.3 is 0 Å². The number of benzene rings is 1. The van der Waals surface area contributed by atoms with Crippen LogP contribution in [0.15, 0.2) is 18.5 Å². The average molecular weight is 322 g/mol. The maximum absolute atomic E-state index is 6.03. The first-order valence-electron chi connectivity index (χ1n) is 5.58. The zero-order valence-corrected chi connectivity index (χ0v) is 12.2. The van der Waals surface area contributed by atoms with E-state index < -0.39 is 0 Å². The van der Waals surface area contributed by atoms with E-state index in [1.165, 1.54) is 6.33 Å². The van der Waals surface area contributed by atoms with Crippen LogP contribution in [0.25, 0.3) is 10.9 Å². The number of halogens is 3. The van der Waals surface area contributed by atoms with Crippen molar-refractivity contribution in [1.29, 1.82) is 0 Å². The summed E-state index contributed by atoms with van der Waals surface area (Å²) in [6.45, 7) is 0.749. The summed E-state index contributed by atoms with van der Waals surface area (Å²) < 4.78 is 11.1. The number of hydrogen-bond acceptors (Lipinski definition) is 4. The van der Waals surface area contributed by atoms with E-state index in [1.54, 1.807) is 12.1 Å². The minimum absolute atomic E-state index is 0.365. The summed E-state index contributed by atoms with van der Waals surface area (Å²) in [5, 5.41) is 1.07. The van der Waals surface area contributed by atoms with Crippen LogP contribution in [0.1, 0.15) is 0 Å². The van der Waals surface area contributed by atoms with Crippen LogP contribution in [-0.4, -0.2) is 34.9 Å². The van der Waals surface area contributed by atoms with E-state index in [4.69, 9.17) is 44.3 Å². The summed E-state index contributed by atoms with van der Waals surface area (Å²) in [6.07, 6.45) is 1.40. The molecule has 0 amide bonds. The highest BCUT2D eigenvalue weighted by molar-refractivity contribution is 6.34. The van der Waals surface area contributed by atoms with Crippen molar-refractivity contribution in [2.45, 2.75) is 0 Å². The molecule has 1 heterocycles. The lowest BCUT2D eigenvalue weighted by molar-refractivity contribution is 0.290. The van der Waals surface area contributed by atoms with Gasteiger partial charge in [-0.05, 0) is 6.07 Å². The highest BCUT2D eigenvalue weighted by Gasteiger charge is 2.11. The number of rotatable bonds is 6. The van der Waals surface area contributed by atoms with Crippen molar-refractivity contribution < 1.29 is 9.47 Å². The van der Waals surface area contributed by atoms with Crippen molar-refractivity contribution in [2.75, 3.05) is 25.0 Å². The van der Waals surface area contributed by atoms with Gasteiger partial charge in [0, 0.05) is 11.5 Å². The van der Waals surface area contributed by atoms with Gasteiger partial charge in [0.05, 0.1) is 17.3 Å². The number of hydrogen-bond donors (Lipinski definition) is 0. The molecule has 7 heteroatoms. The molecule has 4 nitrogen and oxygen atoms in total. The lowest BCUT2D eigenvalue weighted by atomic mass is 10.2. The number of nitrogens with zero attached hydrogens (tertiary/aromatic N) is 2. The molecule has 0 saturated heterocycles. The Morgan fingerprint density at radius 1 is 0.947 bits per heavy atom. The van der Waals surface area contributed by atoms with Crippen LogP contribution >= 0.6 is 34.8 Å². The van der Waals surface area contributed by atoms with Crippen LogP contribution < -0.4 is 9.47 Å². The molecule has 1 aromatic carbocycles. The Hall–Kier alpha value is -0.970. The van der Waals surface area contributed by atoms with E-state index in [2.05, 4.69) is 9.97 Å². The maximum Gasteiger partial charge on any atom is 0.163 e. The second kappa shape index (κ2) is 6.98. The van der Waals surface area contributed by atoms with Gasteiger partial charge in [-0.15, -0.1) is 23.2 Å². The SMILES string of the molecule is ClCCOc1cc2ncnc(Cl)c2cc1OCCCl. The predicted molar refractivity (Wildman–Crippen MR) is 77.0 cm³/mol. The number of fused-ring (bicyclic) bond motifs is 1. The van der Waals surface area contributed by atoms with Gasteiger partial charge in [-0.25, -0.2) is 9.97 Å². The minimum Gasteiger partial charge on any atom is -0.488 e. The summed E-state index contributed by atoms with van der Waals surface area (Å²) >= 11 is 17.3. The Bertz CT molecular complexity index is 566. The van der Waals surface area contributed by atoms with Gasteiger partial charge in [0.2, 0.25) is 0 Å². The van der Waals surface area contributed by atoms with Crippen LogP contribution in [0, 0.1) is 0 Å². The Kier molecular flexibility index (Phi) is 5.31. The molecule has 0 aliphatic carbocycles. The normalized spacial score (nSPS) is 10.7. The molecule has 0 fully saturated rings.